The van der Waals surface area contributed by atoms with Crippen molar-refractivity contribution < 1.29 is 9.21 Å². The third kappa shape index (κ3) is 3.42. The molecule has 0 N–H and O–H groups in total. The summed E-state index contributed by atoms with van der Waals surface area (Å²) in [5.41, 5.74) is 2.52. The van der Waals surface area contributed by atoms with Gasteiger partial charge in [0.25, 0.3) is 5.91 Å². The second-order valence-electron chi connectivity index (χ2n) is 7.56. The van der Waals surface area contributed by atoms with E-state index in [4.69, 9.17) is 4.42 Å². The van der Waals surface area contributed by atoms with Crippen molar-refractivity contribution in [1.82, 2.24) is 19.7 Å². The van der Waals surface area contributed by atoms with Crippen LogP contribution in [0.15, 0.2) is 71.6 Å². The molecular formula is C23H22N4O2. The van der Waals surface area contributed by atoms with Crippen LogP contribution in [-0.4, -0.2) is 31.6 Å². The van der Waals surface area contributed by atoms with Crippen molar-refractivity contribution >= 4 is 16.9 Å². The van der Waals surface area contributed by atoms with Crippen LogP contribution in [0.25, 0.3) is 11.0 Å². The molecule has 3 aromatic heterocycles. The van der Waals surface area contributed by atoms with E-state index in [9.17, 15) is 4.79 Å². The molecule has 0 aliphatic heterocycles. The molecule has 3 heterocycles. The molecule has 0 spiro atoms. The van der Waals surface area contributed by atoms with Gasteiger partial charge in [-0.05, 0) is 43.5 Å². The van der Waals surface area contributed by atoms with E-state index in [1.165, 1.54) is 0 Å². The summed E-state index contributed by atoms with van der Waals surface area (Å²) < 4.78 is 7.41. The van der Waals surface area contributed by atoms with E-state index in [0.717, 1.165) is 35.2 Å². The van der Waals surface area contributed by atoms with Crippen LogP contribution in [0.4, 0.5) is 0 Å². The summed E-state index contributed by atoms with van der Waals surface area (Å²) in [6.45, 7) is 2.66. The average Bonchev–Trinajstić information content (AvgIpc) is 3.27. The molecule has 0 saturated heterocycles. The van der Waals surface area contributed by atoms with E-state index in [1.54, 1.807) is 18.7 Å². The Hall–Kier alpha value is -3.41. The van der Waals surface area contributed by atoms with Gasteiger partial charge in [0.15, 0.2) is 5.65 Å². The Kier molecular flexibility index (Phi) is 4.39. The highest BCUT2D eigenvalue weighted by atomic mass is 16.3. The molecule has 1 atom stereocenters. The number of hydrogen-bond acceptors (Lipinski definition) is 4. The van der Waals surface area contributed by atoms with Gasteiger partial charge in [-0.1, -0.05) is 30.3 Å². The lowest BCUT2D eigenvalue weighted by Gasteiger charge is -2.28. The summed E-state index contributed by atoms with van der Waals surface area (Å²) in [6.07, 6.45) is 7.15. The van der Waals surface area contributed by atoms with Crippen molar-refractivity contribution in [2.24, 2.45) is 0 Å². The highest BCUT2D eigenvalue weighted by Crippen LogP contribution is 2.36. The standard InChI is InChI=1S/C23H22N4O2/c1-16(21-8-5-11-29-21)27(20-9-10-20)23(28)19-12-18-14-25-26(22(18)24-13-19)15-17-6-3-2-4-7-17/h2-8,11-14,16,20H,9-10,15H2,1H3. The van der Waals surface area contributed by atoms with Crippen LogP contribution >= 0.6 is 0 Å². The predicted octanol–water partition coefficient (Wildman–Crippen LogP) is 4.44. The van der Waals surface area contributed by atoms with Gasteiger partial charge in [0.1, 0.15) is 5.76 Å². The number of carbonyl (C=O) groups is 1. The average molecular weight is 386 g/mol. The molecule has 1 aromatic carbocycles. The molecule has 6 nitrogen and oxygen atoms in total. The maximum absolute atomic E-state index is 13.3. The Bertz CT molecular complexity index is 1130. The number of carbonyl (C=O) groups excluding carboxylic acids is 1. The minimum Gasteiger partial charge on any atom is -0.467 e. The lowest BCUT2D eigenvalue weighted by Crippen LogP contribution is -2.35. The smallest absolute Gasteiger partial charge is 0.256 e. The number of fused-ring (bicyclic) bond motifs is 1. The number of amides is 1. The van der Waals surface area contributed by atoms with Crippen molar-refractivity contribution in [3.63, 3.8) is 0 Å². The molecule has 1 aliphatic rings. The summed E-state index contributed by atoms with van der Waals surface area (Å²) in [5.74, 6) is 0.788. The van der Waals surface area contributed by atoms with Gasteiger partial charge in [-0.15, -0.1) is 0 Å². The second-order valence-corrected chi connectivity index (χ2v) is 7.56. The van der Waals surface area contributed by atoms with Crippen molar-refractivity contribution in [3.8, 4) is 0 Å². The topological polar surface area (TPSA) is 64.2 Å². The highest BCUT2D eigenvalue weighted by molar-refractivity contribution is 5.97. The SMILES string of the molecule is CC(c1ccco1)N(C(=O)c1cnc2c(cnn2Cc2ccccc2)c1)C1CC1. The molecule has 0 bridgehead atoms. The predicted molar refractivity (Wildman–Crippen MR) is 109 cm³/mol. The number of nitrogens with zero attached hydrogens (tertiary/aromatic N) is 4. The molecule has 29 heavy (non-hydrogen) atoms. The fourth-order valence-corrected chi connectivity index (χ4v) is 3.79. The normalized spacial score (nSPS) is 14.8. The van der Waals surface area contributed by atoms with Crippen LogP contribution in [-0.2, 0) is 6.54 Å². The molecule has 1 aliphatic carbocycles. The van der Waals surface area contributed by atoms with Gasteiger partial charge in [0.2, 0.25) is 0 Å². The zero-order valence-electron chi connectivity index (χ0n) is 16.2. The largest absolute Gasteiger partial charge is 0.467 e. The molecule has 1 fully saturated rings. The first kappa shape index (κ1) is 17.7. The Morgan fingerprint density at radius 2 is 2.03 bits per heavy atom. The first-order valence-corrected chi connectivity index (χ1v) is 9.92. The van der Waals surface area contributed by atoms with Gasteiger partial charge in [-0.3, -0.25) is 4.79 Å². The van der Waals surface area contributed by atoms with Crippen LogP contribution in [0.5, 0.6) is 0 Å². The number of hydrogen-bond donors (Lipinski definition) is 0. The molecule has 6 heteroatoms. The van der Waals surface area contributed by atoms with E-state index in [2.05, 4.69) is 22.2 Å². The summed E-state index contributed by atoms with van der Waals surface area (Å²) >= 11 is 0. The third-order valence-corrected chi connectivity index (χ3v) is 5.44. The number of benzene rings is 1. The third-order valence-electron chi connectivity index (χ3n) is 5.44. The molecule has 5 rings (SSSR count). The van der Waals surface area contributed by atoms with Crippen LogP contribution in [0.1, 0.15) is 47.5 Å². The molecule has 1 saturated carbocycles. The van der Waals surface area contributed by atoms with E-state index in [1.807, 2.05) is 52.9 Å². The van der Waals surface area contributed by atoms with E-state index < -0.39 is 0 Å². The van der Waals surface area contributed by atoms with Crippen LogP contribution < -0.4 is 0 Å². The highest BCUT2D eigenvalue weighted by Gasteiger charge is 2.37. The van der Waals surface area contributed by atoms with Crippen molar-refractivity contribution in [2.45, 2.75) is 38.4 Å². The van der Waals surface area contributed by atoms with Crippen molar-refractivity contribution in [2.75, 3.05) is 0 Å². The van der Waals surface area contributed by atoms with Gasteiger partial charge < -0.3 is 9.32 Å². The van der Waals surface area contributed by atoms with Crippen LogP contribution in [0.3, 0.4) is 0 Å². The molecule has 146 valence electrons. The zero-order chi connectivity index (χ0) is 19.8. The molecule has 0 radical (unpaired) electrons. The molecule has 4 aromatic rings. The Labute approximate surface area is 168 Å². The van der Waals surface area contributed by atoms with Gasteiger partial charge in [0.05, 0.1) is 30.6 Å². The Morgan fingerprint density at radius 3 is 2.76 bits per heavy atom. The summed E-state index contributed by atoms with van der Waals surface area (Å²) in [7, 11) is 0. The lowest BCUT2D eigenvalue weighted by atomic mass is 10.1. The summed E-state index contributed by atoms with van der Waals surface area (Å²) in [6, 6.07) is 16.0. The Morgan fingerprint density at radius 1 is 1.21 bits per heavy atom. The maximum atomic E-state index is 13.3. The lowest BCUT2D eigenvalue weighted by molar-refractivity contribution is 0.0652. The van der Waals surface area contributed by atoms with Crippen molar-refractivity contribution in [1.29, 1.82) is 0 Å². The Balaban J connectivity index is 1.43. The van der Waals surface area contributed by atoms with E-state index in [0.29, 0.717) is 12.1 Å². The van der Waals surface area contributed by atoms with E-state index >= 15 is 0 Å². The quantitative estimate of drug-likeness (QED) is 0.491. The monoisotopic (exact) mass is 386 g/mol. The molecule has 1 unspecified atom stereocenters. The minimum atomic E-state index is -0.110. The number of aromatic nitrogens is 3. The maximum Gasteiger partial charge on any atom is 0.256 e. The minimum absolute atomic E-state index is 0.0124. The first-order chi connectivity index (χ1) is 14.2. The summed E-state index contributed by atoms with van der Waals surface area (Å²) in [4.78, 5) is 19.8. The number of pyridine rings is 1. The first-order valence-electron chi connectivity index (χ1n) is 9.92. The van der Waals surface area contributed by atoms with Gasteiger partial charge in [0, 0.05) is 17.6 Å². The molecular weight excluding hydrogens is 364 g/mol. The van der Waals surface area contributed by atoms with Gasteiger partial charge in [-0.25, -0.2) is 9.67 Å². The van der Waals surface area contributed by atoms with Gasteiger partial charge in [-0.2, -0.15) is 5.10 Å². The second kappa shape index (κ2) is 7.20. The van der Waals surface area contributed by atoms with E-state index in [-0.39, 0.29) is 18.0 Å². The fourth-order valence-electron chi connectivity index (χ4n) is 3.79. The number of rotatable bonds is 6. The number of furan rings is 1. The van der Waals surface area contributed by atoms with Crippen molar-refractivity contribution in [3.05, 3.63) is 84.1 Å². The van der Waals surface area contributed by atoms with Crippen LogP contribution in [0.2, 0.25) is 0 Å². The fraction of sp³-hybridized carbons (Fsp3) is 0.261. The zero-order valence-corrected chi connectivity index (χ0v) is 16.2. The van der Waals surface area contributed by atoms with Crippen LogP contribution in [0, 0.1) is 0 Å². The molecule has 1 amide bonds. The summed E-state index contributed by atoms with van der Waals surface area (Å²) in [5, 5.41) is 5.34. The van der Waals surface area contributed by atoms with Gasteiger partial charge >= 0.3 is 0 Å².